The van der Waals surface area contributed by atoms with Crippen LogP contribution in [0.3, 0.4) is 0 Å². The first kappa shape index (κ1) is 39.3. The van der Waals surface area contributed by atoms with E-state index in [4.69, 9.17) is 46.5 Å². The first-order chi connectivity index (χ1) is 16.2. The van der Waals surface area contributed by atoms with Crippen molar-refractivity contribution in [1.29, 1.82) is 0 Å². The maximum Gasteiger partial charge on any atom is 0.502 e. The molecule has 0 spiro atoms. The van der Waals surface area contributed by atoms with Crippen LogP contribution < -0.4 is 0 Å². The van der Waals surface area contributed by atoms with Crippen LogP contribution in [0.2, 0.25) is 12.1 Å². The van der Waals surface area contributed by atoms with Crippen LogP contribution in [0, 0.1) is 0 Å². The molecule has 8 heteroatoms. The Morgan fingerprint density at radius 3 is 1.03 bits per heavy atom. The molecule has 0 N–H and O–H groups in total. The van der Waals surface area contributed by atoms with Crippen molar-refractivity contribution < 1.29 is 13.3 Å². The summed E-state index contributed by atoms with van der Waals surface area (Å²) in [5, 5.41) is 0. The molecule has 0 bridgehead atoms. The average molecular weight is 608 g/mol. The zero-order valence-corrected chi connectivity index (χ0v) is 30.0. The number of hydrogen-bond acceptors (Lipinski definition) is 3. The van der Waals surface area contributed by atoms with Gasteiger partial charge in [-0.2, -0.15) is 0 Å². The summed E-state index contributed by atoms with van der Waals surface area (Å²) in [6.45, 7) is 23.2. The topological polar surface area (TPSA) is 27.7 Å². The van der Waals surface area contributed by atoms with Crippen LogP contribution >= 0.6 is 33.2 Å². The summed E-state index contributed by atoms with van der Waals surface area (Å²) in [7, 11) is -2.75. The van der Waals surface area contributed by atoms with Crippen molar-refractivity contribution in [2.45, 2.75) is 182 Å². The van der Waals surface area contributed by atoms with E-state index in [1.807, 2.05) is 0 Å². The van der Waals surface area contributed by atoms with Crippen LogP contribution in [-0.4, -0.2) is 31.6 Å². The van der Waals surface area contributed by atoms with Crippen molar-refractivity contribution in [3.05, 3.63) is 0 Å². The molecular weight excluding hydrogens is 547 g/mol. The zero-order chi connectivity index (χ0) is 28.5. The molecule has 36 heavy (non-hydrogen) atoms. The van der Waals surface area contributed by atoms with Crippen LogP contribution in [0.1, 0.15) is 153 Å². The second kappa shape index (κ2) is 19.3. The van der Waals surface area contributed by atoms with Gasteiger partial charge in [0.2, 0.25) is 0 Å². The second-order valence-corrected chi connectivity index (χ2v) is 24.7. The van der Waals surface area contributed by atoms with Crippen molar-refractivity contribution in [2.75, 3.05) is 0 Å². The minimum absolute atomic E-state index is 0.270. The molecule has 0 aliphatic rings. The Kier molecular flexibility index (Phi) is 21.1. The highest BCUT2D eigenvalue weighted by atomic mass is 35.8. The lowest BCUT2D eigenvalue weighted by Gasteiger charge is -2.43. The molecule has 0 aromatic carbocycles. The summed E-state index contributed by atoms with van der Waals surface area (Å²) in [5.41, 5.74) is -0.811. The summed E-state index contributed by atoms with van der Waals surface area (Å²) in [4.78, 5) is 0. The number of halogens is 3. The Balaban J connectivity index is 0. The first-order valence-electron chi connectivity index (χ1n) is 14.4. The third kappa shape index (κ3) is 29.7. The van der Waals surface area contributed by atoms with E-state index in [2.05, 4.69) is 76.2 Å². The maximum atomic E-state index is 6.45. The van der Waals surface area contributed by atoms with E-state index in [1.54, 1.807) is 0 Å². The van der Waals surface area contributed by atoms with Gasteiger partial charge in [0.15, 0.2) is 0 Å². The SMILES string of the molecule is CCCCCCCCCC[Si](Cl)(Cl)Cl.CCCCCC[Si](OC(C)(C)C)(OC(C)(C)C)OC(C)(C)C. The third-order valence-corrected chi connectivity index (χ3v) is 11.4. The van der Waals surface area contributed by atoms with E-state index < -0.39 is 14.8 Å². The van der Waals surface area contributed by atoms with E-state index in [1.165, 1.54) is 64.2 Å². The Bertz CT molecular complexity index is 481. The van der Waals surface area contributed by atoms with Gasteiger partial charge in [0.25, 0.3) is 0 Å². The fourth-order valence-electron chi connectivity index (χ4n) is 3.84. The predicted octanol–water partition coefficient (Wildman–Crippen LogP) is 11.7. The minimum Gasteiger partial charge on any atom is -0.368 e. The van der Waals surface area contributed by atoms with Crippen molar-refractivity contribution >= 4 is 48.0 Å². The van der Waals surface area contributed by atoms with E-state index in [0.29, 0.717) is 0 Å². The van der Waals surface area contributed by atoms with Crippen molar-refractivity contribution in [3.63, 3.8) is 0 Å². The maximum absolute atomic E-state index is 6.45. The average Bonchev–Trinajstić information content (AvgIpc) is 2.63. The van der Waals surface area contributed by atoms with E-state index in [0.717, 1.165) is 24.9 Å². The number of rotatable bonds is 17. The normalized spacial score (nSPS) is 13.5. The highest BCUT2D eigenvalue weighted by Crippen LogP contribution is 2.33. The van der Waals surface area contributed by atoms with Crippen molar-refractivity contribution in [1.82, 2.24) is 0 Å². The molecule has 0 fully saturated rings. The lowest BCUT2D eigenvalue weighted by molar-refractivity contribution is -0.0755. The number of hydrogen-bond donors (Lipinski definition) is 0. The summed E-state index contributed by atoms with van der Waals surface area (Å²) in [6.07, 6.45) is 15.2. The smallest absolute Gasteiger partial charge is 0.368 e. The largest absolute Gasteiger partial charge is 0.502 e. The lowest BCUT2D eigenvalue weighted by Crippen LogP contribution is -2.57. The molecule has 0 saturated heterocycles. The molecule has 0 heterocycles. The van der Waals surface area contributed by atoms with Gasteiger partial charge in [-0.1, -0.05) is 84.5 Å². The Hall–Kier alpha value is 1.18. The second-order valence-electron chi connectivity index (χ2n) is 13.0. The fourth-order valence-corrected chi connectivity index (χ4v) is 9.61. The van der Waals surface area contributed by atoms with Crippen LogP contribution in [-0.2, 0) is 13.3 Å². The minimum atomic E-state index is -2.75. The van der Waals surface area contributed by atoms with Gasteiger partial charge in [0, 0.05) is 6.04 Å². The van der Waals surface area contributed by atoms with E-state index in [9.17, 15) is 0 Å². The highest BCUT2D eigenvalue weighted by Gasteiger charge is 2.49. The van der Waals surface area contributed by atoms with Crippen LogP contribution in [0.4, 0.5) is 0 Å². The van der Waals surface area contributed by atoms with Gasteiger partial charge in [0.1, 0.15) is 0 Å². The molecule has 0 amide bonds. The molecule has 0 radical (unpaired) electrons. The molecule has 220 valence electrons. The third-order valence-electron chi connectivity index (χ3n) is 5.04. The Labute approximate surface area is 242 Å². The van der Waals surface area contributed by atoms with Crippen LogP contribution in [0.25, 0.3) is 0 Å². The highest BCUT2D eigenvalue weighted by molar-refractivity contribution is 7.64. The van der Waals surface area contributed by atoms with Gasteiger partial charge in [-0.25, -0.2) is 0 Å². The zero-order valence-electron chi connectivity index (χ0n) is 25.8. The molecule has 0 aliphatic heterocycles. The molecule has 0 saturated carbocycles. The molecule has 0 aliphatic carbocycles. The Morgan fingerprint density at radius 1 is 0.444 bits per heavy atom. The van der Waals surface area contributed by atoms with E-state index >= 15 is 0 Å². The van der Waals surface area contributed by atoms with Gasteiger partial charge in [-0.3, -0.25) is 0 Å². The van der Waals surface area contributed by atoms with Gasteiger partial charge < -0.3 is 13.3 Å². The van der Waals surface area contributed by atoms with Crippen LogP contribution in [0.5, 0.6) is 0 Å². The quantitative estimate of drug-likeness (QED) is 0.0934. The standard InChI is InChI=1S/C18H40O3Si.C10H21Cl3Si/c1-11-12-13-14-15-22(19-16(2,3)4,20-17(5,6)7)21-18(8,9)10;1-2-3-4-5-6-7-8-9-10-14(11,12)13/h11-15H2,1-10H3;2-10H2,1H3. The molecular formula is C28H61Cl3O3Si2. The van der Waals surface area contributed by atoms with Gasteiger partial charge >= 0.3 is 14.8 Å². The predicted molar refractivity (Wildman–Crippen MR) is 168 cm³/mol. The van der Waals surface area contributed by atoms with Gasteiger partial charge in [-0.15, -0.1) is 33.2 Å². The van der Waals surface area contributed by atoms with Gasteiger partial charge in [0.05, 0.1) is 16.8 Å². The lowest BCUT2D eigenvalue weighted by atomic mass is 10.1. The molecule has 0 aromatic rings. The van der Waals surface area contributed by atoms with Crippen molar-refractivity contribution in [3.8, 4) is 0 Å². The Morgan fingerprint density at radius 2 is 0.722 bits per heavy atom. The molecule has 0 aromatic heterocycles. The summed E-state index contributed by atoms with van der Waals surface area (Å²) >= 11 is 17.4. The summed E-state index contributed by atoms with van der Waals surface area (Å²) in [6, 6.07) is -0.608. The summed E-state index contributed by atoms with van der Waals surface area (Å²) in [5.74, 6) is 0. The summed E-state index contributed by atoms with van der Waals surface area (Å²) < 4.78 is 19.4. The first-order valence-corrected chi connectivity index (χ1v) is 21.6. The van der Waals surface area contributed by atoms with Crippen molar-refractivity contribution in [2.24, 2.45) is 0 Å². The van der Waals surface area contributed by atoms with E-state index in [-0.39, 0.29) is 16.8 Å². The monoisotopic (exact) mass is 606 g/mol. The molecule has 0 rings (SSSR count). The molecule has 3 nitrogen and oxygen atoms in total. The van der Waals surface area contributed by atoms with Gasteiger partial charge in [-0.05, 0) is 74.8 Å². The molecule has 0 atom stereocenters. The number of unbranched alkanes of at least 4 members (excludes halogenated alkanes) is 10. The van der Waals surface area contributed by atoms with Crippen LogP contribution in [0.15, 0.2) is 0 Å². The fraction of sp³-hybridized carbons (Fsp3) is 1.00. The molecule has 0 unspecified atom stereocenters.